The van der Waals surface area contributed by atoms with Crippen molar-refractivity contribution in [2.24, 2.45) is 0 Å². The Morgan fingerprint density at radius 1 is 0.971 bits per heavy atom. The van der Waals surface area contributed by atoms with Crippen molar-refractivity contribution in [1.29, 1.82) is 0 Å². The Labute approximate surface area is 208 Å². The summed E-state index contributed by atoms with van der Waals surface area (Å²) in [7, 11) is 0. The maximum absolute atomic E-state index is 13.2. The highest BCUT2D eigenvalue weighted by atomic mass is 35.5. The number of nitrogens with two attached hydrogens (primary N) is 1. The topological polar surface area (TPSA) is 102 Å². The fourth-order valence-corrected chi connectivity index (χ4v) is 3.68. The second-order valence-electron chi connectivity index (χ2n) is 8.13. The number of carbonyl (C=O) groups excluding carboxylic acids is 2. The first-order valence-corrected chi connectivity index (χ1v) is 11.6. The first kappa shape index (κ1) is 24.0. The van der Waals surface area contributed by atoms with Crippen molar-refractivity contribution >= 4 is 34.8 Å². The lowest BCUT2D eigenvalue weighted by atomic mass is 10.1. The van der Waals surface area contributed by atoms with Crippen molar-refractivity contribution in [2.75, 3.05) is 17.6 Å². The number of nitrogen functional groups attached to an aromatic ring is 1. The Bertz CT molecular complexity index is 1320. The third-order valence-electron chi connectivity index (χ3n) is 5.50. The van der Waals surface area contributed by atoms with Crippen LogP contribution in [0, 0.1) is 6.92 Å². The van der Waals surface area contributed by atoms with E-state index in [1.807, 2.05) is 49.4 Å². The molecule has 178 valence electrons. The van der Waals surface area contributed by atoms with E-state index in [1.54, 1.807) is 41.1 Å². The summed E-state index contributed by atoms with van der Waals surface area (Å²) in [5, 5.41) is 11.2. The predicted octanol–water partition coefficient (Wildman–Crippen LogP) is 4.77. The summed E-state index contributed by atoms with van der Waals surface area (Å²) in [6.45, 7) is 2.72. The summed E-state index contributed by atoms with van der Waals surface area (Å²) in [6.07, 6.45) is 0.222. The quantitative estimate of drug-likeness (QED) is 0.295. The van der Waals surface area contributed by atoms with Crippen LogP contribution in [0.15, 0.2) is 78.9 Å². The lowest BCUT2D eigenvalue weighted by molar-refractivity contribution is -0.121. The van der Waals surface area contributed by atoms with Crippen LogP contribution in [-0.4, -0.2) is 28.0 Å². The minimum Gasteiger partial charge on any atom is -0.394 e. The number of rotatable bonds is 9. The van der Waals surface area contributed by atoms with Crippen LogP contribution in [0.4, 0.5) is 11.5 Å². The minimum atomic E-state index is -0.279. The Kier molecular flexibility index (Phi) is 7.48. The van der Waals surface area contributed by atoms with Crippen molar-refractivity contribution in [2.45, 2.75) is 19.9 Å². The van der Waals surface area contributed by atoms with E-state index in [2.05, 4.69) is 15.7 Å². The standard InChI is InChI=1S/C27H26ClN5O2/c1-18-7-9-20(10-8-18)26(35)25-24(29)27(33(32-25)22-13-11-21(28)12-14-22)30-16-15-23(34)31-17-19-5-3-2-4-6-19/h2-14,30H,15-17,29H2,1H3,(H,31,34). The van der Waals surface area contributed by atoms with Crippen molar-refractivity contribution < 1.29 is 9.59 Å². The molecule has 0 unspecified atom stereocenters. The number of amides is 1. The van der Waals surface area contributed by atoms with E-state index >= 15 is 0 Å². The molecule has 0 atom stereocenters. The van der Waals surface area contributed by atoms with Gasteiger partial charge in [-0.05, 0) is 36.8 Å². The number of aryl methyl sites for hydroxylation is 1. The van der Waals surface area contributed by atoms with Crippen molar-refractivity contribution in [3.8, 4) is 5.69 Å². The van der Waals surface area contributed by atoms with Gasteiger partial charge in [-0.25, -0.2) is 4.68 Å². The van der Waals surface area contributed by atoms with Gasteiger partial charge in [-0.15, -0.1) is 0 Å². The number of aromatic nitrogens is 2. The van der Waals surface area contributed by atoms with E-state index in [9.17, 15) is 9.59 Å². The lowest BCUT2D eigenvalue weighted by Crippen LogP contribution is -2.25. The zero-order valence-corrected chi connectivity index (χ0v) is 20.0. The van der Waals surface area contributed by atoms with E-state index in [4.69, 9.17) is 17.3 Å². The van der Waals surface area contributed by atoms with Crippen LogP contribution in [-0.2, 0) is 11.3 Å². The fraction of sp³-hybridized carbons (Fsp3) is 0.148. The van der Waals surface area contributed by atoms with Crippen LogP contribution in [0.5, 0.6) is 0 Å². The summed E-state index contributed by atoms with van der Waals surface area (Å²) >= 11 is 6.04. The van der Waals surface area contributed by atoms with Gasteiger partial charge in [0, 0.05) is 30.1 Å². The number of nitrogens with zero attached hydrogens (tertiary/aromatic N) is 2. The van der Waals surface area contributed by atoms with Gasteiger partial charge < -0.3 is 16.4 Å². The highest BCUT2D eigenvalue weighted by Crippen LogP contribution is 2.29. The SMILES string of the molecule is Cc1ccc(C(=O)c2nn(-c3ccc(Cl)cc3)c(NCCC(=O)NCc3ccccc3)c2N)cc1. The Morgan fingerprint density at radius 2 is 1.66 bits per heavy atom. The van der Waals surface area contributed by atoms with Crippen molar-refractivity contribution in [3.05, 3.63) is 106 Å². The molecule has 0 saturated carbocycles. The van der Waals surface area contributed by atoms with Crippen LogP contribution < -0.4 is 16.4 Å². The molecule has 4 N–H and O–H groups in total. The van der Waals surface area contributed by atoms with E-state index in [-0.39, 0.29) is 29.5 Å². The molecule has 35 heavy (non-hydrogen) atoms. The Hall–Kier alpha value is -4.10. The van der Waals surface area contributed by atoms with Gasteiger partial charge in [0.1, 0.15) is 5.69 Å². The van der Waals surface area contributed by atoms with Gasteiger partial charge >= 0.3 is 0 Å². The molecule has 0 aliphatic carbocycles. The molecule has 0 bridgehead atoms. The number of nitrogens with one attached hydrogen (secondary N) is 2. The van der Waals surface area contributed by atoms with Crippen LogP contribution in [0.1, 0.15) is 33.6 Å². The van der Waals surface area contributed by atoms with E-state index in [0.717, 1.165) is 11.1 Å². The largest absolute Gasteiger partial charge is 0.394 e. The summed E-state index contributed by atoms with van der Waals surface area (Å²) in [5.74, 6) is 0.0611. The molecule has 1 aromatic heterocycles. The molecule has 4 rings (SSSR count). The second-order valence-corrected chi connectivity index (χ2v) is 8.57. The van der Waals surface area contributed by atoms with Crippen LogP contribution >= 0.6 is 11.6 Å². The molecule has 8 heteroatoms. The first-order valence-electron chi connectivity index (χ1n) is 11.2. The van der Waals surface area contributed by atoms with Gasteiger partial charge in [0.15, 0.2) is 11.5 Å². The zero-order valence-electron chi connectivity index (χ0n) is 19.3. The third kappa shape index (κ3) is 5.88. The van der Waals surface area contributed by atoms with Crippen molar-refractivity contribution in [1.82, 2.24) is 15.1 Å². The highest BCUT2D eigenvalue weighted by molar-refractivity contribution is 6.30. The molecule has 0 saturated heterocycles. The molecule has 0 fully saturated rings. The van der Waals surface area contributed by atoms with Gasteiger partial charge in [-0.3, -0.25) is 9.59 Å². The van der Waals surface area contributed by atoms with Crippen molar-refractivity contribution in [3.63, 3.8) is 0 Å². The number of carbonyl (C=O) groups is 2. The molecule has 1 heterocycles. The number of anilines is 2. The highest BCUT2D eigenvalue weighted by Gasteiger charge is 2.23. The molecular formula is C27H26ClN5O2. The van der Waals surface area contributed by atoms with Crippen LogP contribution in [0.2, 0.25) is 5.02 Å². The number of ketones is 1. The zero-order chi connectivity index (χ0) is 24.8. The minimum absolute atomic E-state index is 0.103. The average Bonchev–Trinajstić information content (AvgIpc) is 3.20. The molecular weight excluding hydrogens is 462 g/mol. The summed E-state index contributed by atoms with van der Waals surface area (Å²) in [5.41, 5.74) is 10.0. The van der Waals surface area contributed by atoms with E-state index in [0.29, 0.717) is 35.2 Å². The van der Waals surface area contributed by atoms with Gasteiger partial charge in [0.05, 0.1) is 5.69 Å². The molecule has 1 amide bonds. The average molecular weight is 488 g/mol. The molecule has 3 aromatic carbocycles. The fourth-order valence-electron chi connectivity index (χ4n) is 3.56. The van der Waals surface area contributed by atoms with E-state index < -0.39 is 0 Å². The Balaban J connectivity index is 1.52. The lowest BCUT2D eigenvalue weighted by Gasteiger charge is -2.11. The second kappa shape index (κ2) is 10.9. The summed E-state index contributed by atoms with van der Waals surface area (Å²) in [4.78, 5) is 25.5. The maximum atomic E-state index is 13.2. The normalized spacial score (nSPS) is 10.7. The van der Waals surface area contributed by atoms with E-state index in [1.165, 1.54) is 0 Å². The van der Waals surface area contributed by atoms with Gasteiger partial charge in [-0.1, -0.05) is 71.8 Å². The molecule has 0 radical (unpaired) electrons. The molecule has 4 aromatic rings. The molecule has 0 spiro atoms. The number of halogens is 1. The monoisotopic (exact) mass is 487 g/mol. The number of hydrogen-bond acceptors (Lipinski definition) is 5. The number of hydrogen-bond donors (Lipinski definition) is 3. The smallest absolute Gasteiger partial charge is 0.222 e. The predicted molar refractivity (Wildman–Crippen MR) is 139 cm³/mol. The Morgan fingerprint density at radius 3 is 2.34 bits per heavy atom. The molecule has 7 nitrogen and oxygen atoms in total. The van der Waals surface area contributed by atoms with Crippen LogP contribution in [0.3, 0.4) is 0 Å². The third-order valence-corrected chi connectivity index (χ3v) is 5.75. The summed E-state index contributed by atoms with van der Waals surface area (Å²) < 4.78 is 1.56. The molecule has 0 aliphatic rings. The summed E-state index contributed by atoms with van der Waals surface area (Å²) in [6, 6.07) is 24.0. The number of benzene rings is 3. The maximum Gasteiger partial charge on any atom is 0.222 e. The van der Waals surface area contributed by atoms with Gasteiger partial charge in [0.25, 0.3) is 0 Å². The van der Waals surface area contributed by atoms with Gasteiger partial charge in [-0.2, -0.15) is 5.10 Å². The molecule has 0 aliphatic heterocycles. The van der Waals surface area contributed by atoms with Gasteiger partial charge in [0.2, 0.25) is 11.7 Å². The first-order chi connectivity index (χ1) is 16.9. The van der Waals surface area contributed by atoms with Crippen LogP contribution in [0.25, 0.3) is 5.69 Å².